The molecule has 0 radical (unpaired) electrons. The molecule has 2 unspecified atom stereocenters. The molecule has 1 aromatic heterocycles. The SMILES string of the molecule is CCOC(C1CC1)C(Cc1ccn(C(CC)CC)n1)NN. The standard InChI is InChI=1S/C16H30N4O/c1-4-14(5-2)20-10-9-13(19-20)11-15(18-17)16(21-6-3)12-7-8-12/h9-10,12,14-16,18H,4-8,11,17H2,1-3H3. The fraction of sp³-hybridized carbons (Fsp3) is 0.812. The van der Waals surface area contributed by atoms with E-state index < -0.39 is 0 Å². The Morgan fingerprint density at radius 1 is 1.38 bits per heavy atom. The van der Waals surface area contributed by atoms with Crippen LogP contribution < -0.4 is 11.3 Å². The summed E-state index contributed by atoms with van der Waals surface area (Å²) in [6.45, 7) is 7.20. The van der Waals surface area contributed by atoms with Gasteiger partial charge in [0.1, 0.15) is 0 Å². The first-order valence-corrected chi connectivity index (χ1v) is 8.35. The molecule has 0 saturated heterocycles. The summed E-state index contributed by atoms with van der Waals surface area (Å²) in [5, 5.41) is 4.73. The zero-order valence-corrected chi connectivity index (χ0v) is 13.6. The van der Waals surface area contributed by atoms with Gasteiger partial charge < -0.3 is 4.74 Å². The van der Waals surface area contributed by atoms with Crippen molar-refractivity contribution in [2.75, 3.05) is 6.61 Å². The second kappa shape index (κ2) is 7.92. The maximum atomic E-state index is 5.91. The van der Waals surface area contributed by atoms with Gasteiger partial charge in [0.15, 0.2) is 0 Å². The van der Waals surface area contributed by atoms with Gasteiger partial charge in [0.25, 0.3) is 0 Å². The topological polar surface area (TPSA) is 65.1 Å². The maximum Gasteiger partial charge on any atom is 0.0773 e. The lowest BCUT2D eigenvalue weighted by Crippen LogP contribution is -2.47. The molecule has 1 saturated carbocycles. The van der Waals surface area contributed by atoms with E-state index in [1.807, 2.05) is 6.92 Å². The van der Waals surface area contributed by atoms with Crippen LogP contribution in [0.2, 0.25) is 0 Å². The summed E-state index contributed by atoms with van der Waals surface area (Å²) in [5.74, 6) is 6.43. The Hall–Kier alpha value is -0.910. The molecule has 120 valence electrons. The van der Waals surface area contributed by atoms with Crippen LogP contribution in [0.5, 0.6) is 0 Å². The van der Waals surface area contributed by atoms with Gasteiger partial charge in [-0.05, 0) is 44.6 Å². The van der Waals surface area contributed by atoms with E-state index in [0.717, 1.165) is 31.6 Å². The average molecular weight is 294 g/mol. The third-order valence-electron chi connectivity index (χ3n) is 4.47. The molecule has 1 aliphatic carbocycles. The van der Waals surface area contributed by atoms with Crippen LogP contribution in [0, 0.1) is 5.92 Å². The summed E-state index contributed by atoms with van der Waals surface area (Å²) in [4.78, 5) is 0. The van der Waals surface area contributed by atoms with Gasteiger partial charge in [-0.25, -0.2) is 0 Å². The van der Waals surface area contributed by atoms with E-state index in [-0.39, 0.29) is 12.1 Å². The van der Waals surface area contributed by atoms with Gasteiger partial charge in [-0.15, -0.1) is 0 Å². The zero-order chi connectivity index (χ0) is 15.2. The summed E-state index contributed by atoms with van der Waals surface area (Å²) in [6, 6.07) is 2.75. The Balaban J connectivity index is 2.00. The van der Waals surface area contributed by atoms with Crippen LogP contribution in [0.15, 0.2) is 12.3 Å². The van der Waals surface area contributed by atoms with E-state index in [4.69, 9.17) is 15.7 Å². The second-order valence-corrected chi connectivity index (χ2v) is 5.99. The summed E-state index contributed by atoms with van der Waals surface area (Å²) < 4.78 is 8.00. The number of rotatable bonds is 10. The summed E-state index contributed by atoms with van der Waals surface area (Å²) in [5.41, 5.74) is 4.04. The first kappa shape index (κ1) is 16.5. The number of nitrogens with one attached hydrogen (secondary N) is 1. The quantitative estimate of drug-likeness (QED) is 0.514. The van der Waals surface area contributed by atoms with Gasteiger partial charge >= 0.3 is 0 Å². The zero-order valence-electron chi connectivity index (χ0n) is 13.6. The third-order valence-corrected chi connectivity index (χ3v) is 4.47. The molecule has 0 amide bonds. The van der Waals surface area contributed by atoms with Crippen molar-refractivity contribution < 1.29 is 4.74 Å². The minimum absolute atomic E-state index is 0.141. The highest BCUT2D eigenvalue weighted by Gasteiger charge is 2.37. The Bertz CT molecular complexity index is 412. The molecular formula is C16H30N4O. The van der Waals surface area contributed by atoms with E-state index in [0.29, 0.717) is 12.0 Å². The molecule has 5 heteroatoms. The number of hydrazine groups is 1. The van der Waals surface area contributed by atoms with Gasteiger partial charge in [-0.3, -0.25) is 16.0 Å². The lowest BCUT2D eigenvalue weighted by atomic mass is 10.0. The number of hydrogen-bond acceptors (Lipinski definition) is 4. The molecule has 0 aromatic carbocycles. The van der Waals surface area contributed by atoms with Gasteiger partial charge in [0, 0.05) is 19.2 Å². The molecule has 1 aromatic rings. The molecule has 21 heavy (non-hydrogen) atoms. The Labute approximate surface area is 128 Å². The van der Waals surface area contributed by atoms with Crippen molar-refractivity contribution in [1.82, 2.24) is 15.2 Å². The second-order valence-electron chi connectivity index (χ2n) is 5.99. The monoisotopic (exact) mass is 294 g/mol. The maximum absolute atomic E-state index is 5.91. The molecule has 0 aliphatic heterocycles. The molecule has 1 aliphatic rings. The third kappa shape index (κ3) is 4.28. The van der Waals surface area contributed by atoms with E-state index in [2.05, 4.69) is 36.2 Å². The predicted molar refractivity (Wildman–Crippen MR) is 84.8 cm³/mol. The largest absolute Gasteiger partial charge is 0.377 e. The lowest BCUT2D eigenvalue weighted by molar-refractivity contribution is 0.0189. The molecule has 3 N–H and O–H groups in total. The van der Waals surface area contributed by atoms with E-state index in [1.54, 1.807) is 0 Å². The fourth-order valence-electron chi connectivity index (χ4n) is 3.05. The number of aromatic nitrogens is 2. The van der Waals surface area contributed by atoms with E-state index in [1.165, 1.54) is 12.8 Å². The first-order chi connectivity index (χ1) is 10.2. The highest BCUT2D eigenvalue weighted by molar-refractivity contribution is 5.05. The Morgan fingerprint density at radius 2 is 2.10 bits per heavy atom. The lowest BCUT2D eigenvalue weighted by Gasteiger charge is -2.26. The van der Waals surface area contributed by atoms with Crippen molar-refractivity contribution in [1.29, 1.82) is 0 Å². The van der Waals surface area contributed by atoms with Crippen LogP contribution in [-0.4, -0.2) is 28.5 Å². The van der Waals surface area contributed by atoms with Gasteiger partial charge in [-0.1, -0.05) is 13.8 Å². The molecule has 2 atom stereocenters. The highest BCUT2D eigenvalue weighted by Crippen LogP contribution is 2.36. The van der Waals surface area contributed by atoms with Crippen LogP contribution in [0.1, 0.15) is 58.2 Å². The van der Waals surface area contributed by atoms with Crippen LogP contribution in [0.25, 0.3) is 0 Å². The van der Waals surface area contributed by atoms with E-state index in [9.17, 15) is 0 Å². The highest BCUT2D eigenvalue weighted by atomic mass is 16.5. The van der Waals surface area contributed by atoms with Crippen LogP contribution >= 0.6 is 0 Å². The van der Waals surface area contributed by atoms with Crippen molar-refractivity contribution in [3.8, 4) is 0 Å². The Kier molecular flexibility index (Phi) is 6.21. The van der Waals surface area contributed by atoms with Crippen molar-refractivity contribution in [3.05, 3.63) is 18.0 Å². The molecular weight excluding hydrogens is 264 g/mol. The number of nitrogens with two attached hydrogens (primary N) is 1. The summed E-state index contributed by atoms with van der Waals surface area (Å²) >= 11 is 0. The van der Waals surface area contributed by atoms with Crippen LogP contribution in [-0.2, 0) is 11.2 Å². The molecule has 1 fully saturated rings. The van der Waals surface area contributed by atoms with Crippen molar-refractivity contribution in [2.24, 2.45) is 11.8 Å². The number of nitrogens with zero attached hydrogens (tertiary/aromatic N) is 2. The molecule has 5 nitrogen and oxygen atoms in total. The van der Waals surface area contributed by atoms with Crippen molar-refractivity contribution >= 4 is 0 Å². The molecule has 1 heterocycles. The van der Waals surface area contributed by atoms with E-state index >= 15 is 0 Å². The normalized spacial score (nSPS) is 18.1. The first-order valence-electron chi connectivity index (χ1n) is 8.35. The van der Waals surface area contributed by atoms with Crippen LogP contribution in [0.3, 0.4) is 0 Å². The average Bonchev–Trinajstić information content (AvgIpc) is 3.24. The van der Waals surface area contributed by atoms with Crippen LogP contribution in [0.4, 0.5) is 0 Å². The smallest absolute Gasteiger partial charge is 0.0773 e. The van der Waals surface area contributed by atoms with Gasteiger partial charge in [0.2, 0.25) is 0 Å². The molecule has 0 bridgehead atoms. The fourth-order valence-corrected chi connectivity index (χ4v) is 3.05. The molecule has 2 rings (SSSR count). The molecule has 0 spiro atoms. The van der Waals surface area contributed by atoms with Crippen molar-refractivity contribution in [3.63, 3.8) is 0 Å². The minimum Gasteiger partial charge on any atom is -0.377 e. The predicted octanol–water partition coefficient (Wildman–Crippen LogP) is 2.43. The van der Waals surface area contributed by atoms with Crippen molar-refractivity contribution in [2.45, 2.75) is 71.1 Å². The van der Waals surface area contributed by atoms with Gasteiger partial charge in [-0.2, -0.15) is 5.10 Å². The number of ether oxygens (including phenoxy) is 1. The summed E-state index contributed by atoms with van der Waals surface area (Å²) in [6.07, 6.45) is 7.85. The Morgan fingerprint density at radius 3 is 2.62 bits per heavy atom. The minimum atomic E-state index is 0.141. The summed E-state index contributed by atoms with van der Waals surface area (Å²) in [7, 11) is 0. The van der Waals surface area contributed by atoms with Gasteiger partial charge in [0.05, 0.1) is 23.9 Å². The number of hydrogen-bond donors (Lipinski definition) is 2.